The second-order valence-corrected chi connectivity index (χ2v) is 9.19. The Kier molecular flexibility index (Phi) is 6.45. The summed E-state index contributed by atoms with van der Waals surface area (Å²) in [6.07, 6.45) is 5.25. The summed E-state index contributed by atoms with van der Waals surface area (Å²) in [5, 5.41) is 0. The SMILES string of the molecule is COc1ccccc1N1CCN(C2CCC(c3ccc(-c4ccccc4)cc3)CC2)CC1. The van der Waals surface area contributed by atoms with E-state index in [0.29, 0.717) is 5.92 Å². The molecule has 1 saturated carbocycles. The summed E-state index contributed by atoms with van der Waals surface area (Å²) in [5.41, 5.74) is 5.37. The fourth-order valence-corrected chi connectivity index (χ4v) is 5.57. The summed E-state index contributed by atoms with van der Waals surface area (Å²) in [5.74, 6) is 1.70. The number of benzene rings is 3. The standard InChI is InChI=1S/C29H34N2O/c1-32-29-10-6-5-9-28(29)31-21-19-30(20-22-31)27-17-15-26(16-18-27)25-13-11-24(12-14-25)23-7-3-2-4-8-23/h2-14,26-27H,15-22H2,1H3. The van der Waals surface area contributed by atoms with E-state index in [-0.39, 0.29) is 0 Å². The van der Waals surface area contributed by atoms with Crippen molar-refractivity contribution in [2.45, 2.75) is 37.6 Å². The highest BCUT2D eigenvalue weighted by atomic mass is 16.5. The number of nitrogens with zero attached hydrogens (tertiary/aromatic N) is 2. The van der Waals surface area contributed by atoms with Crippen LogP contribution in [0.5, 0.6) is 5.75 Å². The molecule has 3 nitrogen and oxygen atoms in total. The van der Waals surface area contributed by atoms with Crippen molar-refractivity contribution in [1.29, 1.82) is 0 Å². The summed E-state index contributed by atoms with van der Waals surface area (Å²) >= 11 is 0. The van der Waals surface area contributed by atoms with Crippen molar-refractivity contribution in [3.8, 4) is 16.9 Å². The largest absolute Gasteiger partial charge is 0.495 e. The van der Waals surface area contributed by atoms with E-state index in [9.17, 15) is 0 Å². The van der Waals surface area contributed by atoms with Gasteiger partial charge in [0.15, 0.2) is 0 Å². The van der Waals surface area contributed by atoms with Gasteiger partial charge < -0.3 is 9.64 Å². The molecule has 2 aliphatic rings. The highest BCUT2D eigenvalue weighted by Crippen LogP contribution is 2.36. The first-order valence-corrected chi connectivity index (χ1v) is 12.1. The molecule has 0 bridgehead atoms. The molecule has 1 saturated heterocycles. The Morgan fingerprint density at radius 2 is 1.28 bits per heavy atom. The van der Waals surface area contributed by atoms with Crippen LogP contribution in [0.4, 0.5) is 5.69 Å². The predicted molar refractivity (Wildman–Crippen MR) is 134 cm³/mol. The van der Waals surface area contributed by atoms with Gasteiger partial charge in [0.25, 0.3) is 0 Å². The highest BCUT2D eigenvalue weighted by Gasteiger charge is 2.29. The topological polar surface area (TPSA) is 15.7 Å². The van der Waals surface area contributed by atoms with E-state index in [1.807, 2.05) is 6.07 Å². The molecule has 0 unspecified atom stereocenters. The van der Waals surface area contributed by atoms with Crippen LogP contribution < -0.4 is 9.64 Å². The summed E-state index contributed by atoms with van der Waals surface area (Å²) in [7, 11) is 1.77. The Hall–Kier alpha value is -2.78. The zero-order valence-electron chi connectivity index (χ0n) is 19.1. The van der Waals surface area contributed by atoms with Crippen molar-refractivity contribution >= 4 is 5.69 Å². The molecule has 5 rings (SSSR count). The quantitative estimate of drug-likeness (QED) is 0.482. The molecule has 1 heterocycles. The van der Waals surface area contributed by atoms with Crippen molar-refractivity contribution in [2.24, 2.45) is 0 Å². The zero-order valence-corrected chi connectivity index (χ0v) is 19.1. The number of piperazine rings is 1. The van der Waals surface area contributed by atoms with E-state index < -0.39 is 0 Å². The molecule has 0 amide bonds. The number of methoxy groups -OCH3 is 1. The van der Waals surface area contributed by atoms with Gasteiger partial charge in [-0.2, -0.15) is 0 Å². The number of hydrogen-bond donors (Lipinski definition) is 0. The maximum Gasteiger partial charge on any atom is 0.142 e. The molecule has 32 heavy (non-hydrogen) atoms. The zero-order chi connectivity index (χ0) is 21.8. The maximum absolute atomic E-state index is 5.57. The van der Waals surface area contributed by atoms with Crippen molar-refractivity contribution < 1.29 is 4.74 Å². The number of ether oxygens (including phenoxy) is 1. The second-order valence-electron chi connectivity index (χ2n) is 9.19. The average Bonchev–Trinajstić information content (AvgIpc) is 2.89. The number of anilines is 1. The summed E-state index contributed by atoms with van der Waals surface area (Å²) in [4.78, 5) is 5.22. The molecule has 2 fully saturated rings. The molecule has 3 aromatic carbocycles. The number of rotatable bonds is 5. The fraction of sp³-hybridized carbons (Fsp3) is 0.379. The van der Waals surface area contributed by atoms with Gasteiger partial charge in [-0.1, -0.05) is 66.7 Å². The molecule has 0 radical (unpaired) electrons. The average molecular weight is 427 g/mol. The van der Waals surface area contributed by atoms with Crippen molar-refractivity contribution in [3.05, 3.63) is 84.4 Å². The lowest BCUT2D eigenvalue weighted by atomic mass is 9.80. The Labute approximate surface area is 192 Å². The summed E-state index contributed by atoms with van der Waals surface area (Å²) in [6, 6.07) is 29.1. The van der Waals surface area contributed by atoms with E-state index in [1.165, 1.54) is 48.1 Å². The molecule has 1 aliphatic heterocycles. The molecule has 0 atom stereocenters. The fourth-order valence-electron chi connectivity index (χ4n) is 5.57. The normalized spacial score (nSPS) is 22.0. The van der Waals surface area contributed by atoms with Gasteiger partial charge in [-0.05, 0) is 60.4 Å². The Morgan fingerprint density at radius 3 is 1.97 bits per heavy atom. The van der Waals surface area contributed by atoms with Crippen molar-refractivity contribution in [2.75, 3.05) is 38.2 Å². The van der Waals surface area contributed by atoms with Gasteiger partial charge in [-0.25, -0.2) is 0 Å². The first-order valence-electron chi connectivity index (χ1n) is 12.1. The first-order chi connectivity index (χ1) is 15.8. The summed E-state index contributed by atoms with van der Waals surface area (Å²) in [6.45, 7) is 4.47. The molecule has 3 heteroatoms. The smallest absolute Gasteiger partial charge is 0.142 e. The van der Waals surface area contributed by atoms with Gasteiger partial charge in [0, 0.05) is 32.2 Å². The third kappa shape index (κ3) is 4.54. The van der Waals surface area contributed by atoms with E-state index in [0.717, 1.165) is 38.0 Å². The molecule has 166 valence electrons. The molecule has 1 aliphatic carbocycles. The van der Waals surface area contributed by atoms with Crippen LogP contribution in [0.2, 0.25) is 0 Å². The lowest BCUT2D eigenvalue weighted by Crippen LogP contribution is -2.51. The van der Waals surface area contributed by atoms with Crippen LogP contribution in [0, 0.1) is 0 Å². The second kappa shape index (κ2) is 9.79. The number of hydrogen-bond acceptors (Lipinski definition) is 3. The minimum atomic E-state index is 0.714. The lowest BCUT2D eigenvalue weighted by Gasteiger charge is -2.43. The lowest BCUT2D eigenvalue weighted by molar-refractivity contribution is 0.141. The van der Waals surface area contributed by atoms with Gasteiger partial charge in [0.2, 0.25) is 0 Å². The third-order valence-electron chi connectivity index (χ3n) is 7.44. The minimum absolute atomic E-state index is 0.714. The van der Waals surface area contributed by atoms with Crippen LogP contribution in [0.3, 0.4) is 0 Å². The maximum atomic E-state index is 5.57. The molecule has 0 aromatic heterocycles. The Balaban J connectivity index is 1.14. The van der Waals surface area contributed by atoms with Gasteiger partial charge in [0.1, 0.15) is 5.75 Å². The van der Waals surface area contributed by atoms with E-state index >= 15 is 0 Å². The van der Waals surface area contributed by atoms with Gasteiger partial charge in [-0.15, -0.1) is 0 Å². The predicted octanol–water partition coefficient (Wildman–Crippen LogP) is 6.21. The Morgan fingerprint density at radius 1 is 0.656 bits per heavy atom. The molecule has 0 N–H and O–H groups in total. The van der Waals surface area contributed by atoms with E-state index in [2.05, 4.69) is 82.6 Å². The first kappa shape index (κ1) is 21.1. The van der Waals surface area contributed by atoms with Crippen LogP contribution >= 0.6 is 0 Å². The molecular weight excluding hydrogens is 392 g/mol. The summed E-state index contributed by atoms with van der Waals surface area (Å²) < 4.78 is 5.57. The Bertz CT molecular complexity index is 985. The minimum Gasteiger partial charge on any atom is -0.495 e. The van der Waals surface area contributed by atoms with E-state index in [1.54, 1.807) is 7.11 Å². The monoisotopic (exact) mass is 426 g/mol. The highest BCUT2D eigenvalue weighted by molar-refractivity contribution is 5.63. The van der Waals surface area contributed by atoms with Gasteiger partial charge >= 0.3 is 0 Å². The van der Waals surface area contributed by atoms with Crippen molar-refractivity contribution in [1.82, 2.24) is 4.90 Å². The molecule has 3 aromatic rings. The van der Waals surface area contributed by atoms with Gasteiger partial charge in [0.05, 0.1) is 12.8 Å². The van der Waals surface area contributed by atoms with Crippen LogP contribution in [0.15, 0.2) is 78.9 Å². The van der Waals surface area contributed by atoms with Gasteiger partial charge in [-0.3, -0.25) is 4.90 Å². The van der Waals surface area contributed by atoms with Crippen molar-refractivity contribution in [3.63, 3.8) is 0 Å². The molecular formula is C29H34N2O. The van der Waals surface area contributed by atoms with Crippen LogP contribution in [-0.4, -0.2) is 44.2 Å². The molecule has 0 spiro atoms. The van der Waals surface area contributed by atoms with Crippen LogP contribution in [-0.2, 0) is 0 Å². The van der Waals surface area contributed by atoms with E-state index in [4.69, 9.17) is 4.74 Å². The van der Waals surface area contributed by atoms with Crippen LogP contribution in [0.1, 0.15) is 37.2 Å². The number of para-hydroxylation sites is 2. The third-order valence-corrected chi connectivity index (χ3v) is 7.44. The van der Waals surface area contributed by atoms with Crippen LogP contribution in [0.25, 0.3) is 11.1 Å².